The smallest absolute Gasteiger partial charge is 0.338 e. The number of nitrogen functional groups attached to an aromatic ring is 1. The van der Waals surface area contributed by atoms with Gasteiger partial charge < -0.3 is 15.8 Å². The Kier molecular flexibility index (Phi) is 4.98. The number of carbonyl (C=O) groups excluding carboxylic acids is 1. The average molecular weight is 459 g/mol. The topological polar surface area (TPSA) is 137 Å². The number of nitrogens with one attached hydrogen (secondary N) is 1. The van der Waals surface area contributed by atoms with E-state index < -0.39 is 16.0 Å². The Balaban J connectivity index is 1.27. The Morgan fingerprint density at radius 1 is 0.939 bits per heavy atom. The van der Waals surface area contributed by atoms with E-state index in [-0.39, 0.29) is 17.3 Å². The minimum Gasteiger partial charge on any atom is -0.454 e. The molecule has 10 heteroatoms. The molecule has 5 rings (SSSR count). The van der Waals surface area contributed by atoms with E-state index in [1.807, 2.05) is 24.3 Å². The lowest BCUT2D eigenvalue weighted by Crippen LogP contribution is -2.12. The lowest BCUT2D eigenvalue weighted by Gasteiger charge is -2.09. The number of nitrogens with zero attached hydrogens (tertiary/aromatic N) is 3. The van der Waals surface area contributed by atoms with Crippen LogP contribution in [-0.2, 0) is 21.4 Å². The first kappa shape index (κ1) is 20.6. The van der Waals surface area contributed by atoms with Gasteiger partial charge in [0, 0.05) is 16.6 Å². The maximum Gasteiger partial charge on any atom is 0.338 e. The second-order valence-electron chi connectivity index (χ2n) is 7.23. The van der Waals surface area contributed by atoms with E-state index in [4.69, 9.17) is 10.5 Å². The SMILES string of the molecule is Nc1nc(COC(=O)c2ccc(NC3=NS(=O)(=O)c4ccccc43)cc2)nc2ccccc12. The molecule has 0 radical (unpaired) electrons. The van der Waals surface area contributed by atoms with Gasteiger partial charge in [-0.3, -0.25) is 0 Å². The van der Waals surface area contributed by atoms with Crippen LogP contribution in [-0.4, -0.2) is 30.2 Å². The molecule has 4 aromatic rings. The molecule has 0 aliphatic carbocycles. The van der Waals surface area contributed by atoms with E-state index in [1.165, 1.54) is 6.07 Å². The maximum absolute atomic E-state index is 12.4. The second kappa shape index (κ2) is 7.99. The Bertz CT molecular complexity index is 1530. The van der Waals surface area contributed by atoms with Crippen LogP contribution < -0.4 is 11.1 Å². The maximum atomic E-state index is 12.4. The number of aromatic nitrogens is 2. The van der Waals surface area contributed by atoms with E-state index in [1.54, 1.807) is 42.5 Å². The number of ether oxygens (including phenoxy) is 1. The van der Waals surface area contributed by atoms with Gasteiger partial charge in [-0.25, -0.2) is 14.8 Å². The van der Waals surface area contributed by atoms with Gasteiger partial charge in [-0.2, -0.15) is 8.42 Å². The molecule has 0 unspecified atom stereocenters. The summed E-state index contributed by atoms with van der Waals surface area (Å²) in [7, 11) is -3.72. The van der Waals surface area contributed by atoms with Gasteiger partial charge in [0.25, 0.3) is 10.0 Å². The highest BCUT2D eigenvalue weighted by atomic mass is 32.2. The number of para-hydroxylation sites is 1. The summed E-state index contributed by atoms with van der Waals surface area (Å²) in [5.74, 6) is 0.299. The number of hydrogen-bond donors (Lipinski definition) is 2. The van der Waals surface area contributed by atoms with Gasteiger partial charge in [0.1, 0.15) is 10.7 Å². The van der Waals surface area contributed by atoms with Crippen molar-refractivity contribution in [3.63, 3.8) is 0 Å². The fraction of sp³-hybridized carbons (Fsp3) is 0.0435. The first-order chi connectivity index (χ1) is 15.9. The van der Waals surface area contributed by atoms with Crippen molar-refractivity contribution in [3.05, 3.63) is 89.7 Å². The molecule has 164 valence electrons. The van der Waals surface area contributed by atoms with E-state index in [0.29, 0.717) is 34.0 Å². The number of hydrogen-bond acceptors (Lipinski definition) is 8. The molecule has 0 atom stereocenters. The Labute approximate surface area is 189 Å². The number of amidine groups is 1. The van der Waals surface area contributed by atoms with E-state index in [0.717, 1.165) is 5.39 Å². The highest BCUT2D eigenvalue weighted by Gasteiger charge is 2.28. The van der Waals surface area contributed by atoms with Gasteiger partial charge >= 0.3 is 5.97 Å². The molecule has 2 heterocycles. The molecule has 0 amide bonds. The number of benzene rings is 3. The second-order valence-corrected chi connectivity index (χ2v) is 8.80. The van der Waals surface area contributed by atoms with E-state index in [9.17, 15) is 13.2 Å². The Hall–Kier alpha value is -4.31. The van der Waals surface area contributed by atoms with Crippen molar-refractivity contribution in [1.82, 2.24) is 9.97 Å². The molecule has 0 saturated carbocycles. The van der Waals surface area contributed by atoms with Gasteiger partial charge in [0.05, 0.1) is 11.1 Å². The number of sulfonamides is 1. The monoisotopic (exact) mass is 459 g/mol. The summed E-state index contributed by atoms with van der Waals surface area (Å²) >= 11 is 0. The van der Waals surface area contributed by atoms with Crippen molar-refractivity contribution in [2.45, 2.75) is 11.5 Å². The number of fused-ring (bicyclic) bond motifs is 2. The summed E-state index contributed by atoms with van der Waals surface area (Å²) in [4.78, 5) is 21.1. The zero-order valence-electron chi connectivity index (χ0n) is 17.1. The average Bonchev–Trinajstić information content (AvgIpc) is 3.08. The van der Waals surface area contributed by atoms with Crippen LogP contribution in [0.5, 0.6) is 0 Å². The van der Waals surface area contributed by atoms with Crippen LogP contribution in [0.3, 0.4) is 0 Å². The Morgan fingerprint density at radius 3 is 2.48 bits per heavy atom. The third-order valence-electron chi connectivity index (χ3n) is 5.03. The van der Waals surface area contributed by atoms with Crippen molar-refractivity contribution in [3.8, 4) is 0 Å². The summed E-state index contributed by atoms with van der Waals surface area (Å²) in [6.45, 7) is -0.126. The minimum absolute atomic E-state index is 0.126. The highest BCUT2D eigenvalue weighted by Crippen LogP contribution is 2.26. The zero-order valence-corrected chi connectivity index (χ0v) is 17.9. The molecule has 3 aromatic carbocycles. The number of rotatable bonds is 4. The van der Waals surface area contributed by atoms with Crippen molar-refractivity contribution in [2.24, 2.45) is 4.40 Å². The fourth-order valence-corrected chi connectivity index (χ4v) is 4.63. The predicted octanol–water partition coefficient (Wildman–Crippen LogP) is 3.13. The number of carbonyl (C=O) groups is 1. The van der Waals surface area contributed by atoms with Crippen LogP contribution in [0.4, 0.5) is 11.5 Å². The van der Waals surface area contributed by atoms with Gasteiger partial charge in [0.2, 0.25) is 0 Å². The fourth-order valence-electron chi connectivity index (χ4n) is 3.45. The van der Waals surface area contributed by atoms with Crippen LogP contribution in [0.1, 0.15) is 21.7 Å². The van der Waals surface area contributed by atoms with Crippen LogP contribution >= 0.6 is 0 Å². The number of nitrogens with two attached hydrogens (primary N) is 1. The third kappa shape index (κ3) is 3.99. The van der Waals surface area contributed by atoms with Crippen molar-refractivity contribution in [2.75, 3.05) is 11.1 Å². The molecule has 0 spiro atoms. The molecule has 1 aliphatic heterocycles. The molecule has 9 nitrogen and oxygen atoms in total. The van der Waals surface area contributed by atoms with E-state index in [2.05, 4.69) is 19.7 Å². The lowest BCUT2D eigenvalue weighted by atomic mass is 10.1. The van der Waals surface area contributed by atoms with Crippen molar-refractivity contribution < 1.29 is 17.9 Å². The number of anilines is 2. The van der Waals surface area contributed by atoms with Crippen LogP contribution in [0.25, 0.3) is 10.9 Å². The largest absolute Gasteiger partial charge is 0.454 e. The van der Waals surface area contributed by atoms with Crippen LogP contribution in [0.15, 0.2) is 82.1 Å². The lowest BCUT2D eigenvalue weighted by molar-refractivity contribution is 0.0462. The first-order valence-electron chi connectivity index (χ1n) is 9.90. The normalized spacial score (nSPS) is 13.9. The molecule has 0 fully saturated rings. The third-order valence-corrected chi connectivity index (χ3v) is 6.36. The minimum atomic E-state index is -3.72. The van der Waals surface area contributed by atoms with Crippen molar-refractivity contribution in [1.29, 1.82) is 0 Å². The zero-order chi connectivity index (χ0) is 23.0. The summed E-state index contributed by atoms with van der Waals surface area (Å²) in [6, 6.07) is 20.3. The molecule has 1 aromatic heterocycles. The highest BCUT2D eigenvalue weighted by molar-refractivity contribution is 7.90. The van der Waals surface area contributed by atoms with E-state index >= 15 is 0 Å². The Morgan fingerprint density at radius 2 is 1.67 bits per heavy atom. The van der Waals surface area contributed by atoms with Gasteiger partial charge in [-0.15, -0.1) is 4.40 Å². The van der Waals surface area contributed by atoms with Crippen LogP contribution in [0, 0.1) is 0 Å². The van der Waals surface area contributed by atoms with Gasteiger partial charge in [-0.05, 0) is 48.5 Å². The molecule has 0 bridgehead atoms. The first-order valence-corrected chi connectivity index (χ1v) is 11.3. The summed E-state index contributed by atoms with van der Waals surface area (Å²) < 4.78 is 33.5. The molecule has 33 heavy (non-hydrogen) atoms. The van der Waals surface area contributed by atoms with Gasteiger partial charge in [-0.1, -0.05) is 24.3 Å². The molecular formula is C23H17N5O4S. The van der Waals surface area contributed by atoms with Crippen LogP contribution in [0.2, 0.25) is 0 Å². The summed E-state index contributed by atoms with van der Waals surface area (Å²) in [6.07, 6.45) is 0. The standard InChI is InChI=1S/C23H17N5O4S/c24-21-16-5-1-3-7-18(16)26-20(27-21)13-32-23(29)14-9-11-15(12-10-14)25-22-17-6-2-4-8-19(17)33(30,31)28-22/h1-12H,13H2,(H,25,28)(H2,24,26,27). The molecule has 0 saturated heterocycles. The summed E-state index contributed by atoms with van der Waals surface area (Å²) in [5.41, 5.74) is 8.01. The molecule has 3 N–H and O–H groups in total. The molecular weight excluding hydrogens is 442 g/mol. The quantitative estimate of drug-likeness (QED) is 0.444. The van der Waals surface area contributed by atoms with Crippen molar-refractivity contribution >= 4 is 44.2 Å². The number of esters is 1. The summed E-state index contributed by atoms with van der Waals surface area (Å²) in [5, 5.41) is 3.72. The van der Waals surface area contributed by atoms with Gasteiger partial charge in [0.15, 0.2) is 18.3 Å². The molecule has 1 aliphatic rings. The predicted molar refractivity (Wildman–Crippen MR) is 123 cm³/mol.